The van der Waals surface area contributed by atoms with Crippen LogP contribution in [0, 0.1) is 6.92 Å². The number of nitrogens with one attached hydrogen (secondary N) is 2. The Morgan fingerprint density at radius 3 is 2.28 bits per heavy atom. The summed E-state index contributed by atoms with van der Waals surface area (Å²) < 4.78 is 10.7. The molecule has 0 aliphatic carbocycles. The molecule has 7 heteroatoms. The van der Waals surface area contributed by atoms with E-state index in [-0.39, 0.29) is 0 Å². The number of hydrogen-bond donors (Lipinski definition) is 2. The van der Waals surface area contributed by atoms with E-state index in [1.54, 1.807) is 14.2 Å². The summed E-state index contributed by atoms with van der Waals surface area (Å²) in [4.78, 5) is 11.1. The average molecular weight is 393 g/mol. The third-order valence-electron chi connectivity index (χ3n) is 4.42. The number of aromatic nitrogens is 2. The lowest BCUT2D eigenvalue weighted by Gasteiger charge is -2.14. The van der Waals surface area contributed by atoms with Crippen molar-refractivity contribution in [1.82, 2.24) is 9.97 Å². The molecule has 0 aliphatic heterocycles. The first-order valence-corrected chi connectivity index (χ1v) is 9.33. The third-order valence-corrected chi connectivity index (χ3v) is 4.42. The quantitative estimate of drug-likeness (QED) is 0.593. The molecule has 0 spiro atoms. The Balaban J connectivity index is 1.70. The van der Waals surface area contributed by atoms with E-state index >= 15 is 0 Å². The molecular weight excluding hydrogens is 366 g/mol. The van der Waals surface area contributed by atoms with Crippen LogP contribution >= 0.6 is 0 Å². The molecule has 0 bridgehead atoms. The maximum atomic E-state index is 5.37. The number of anilines is 4. The lowest BCUT2D eigenvalue weighted by atomic mass is 10.2. The van der Waals surface area contributed by atoms with Gasteiger partial charge in [0.25, 0.3) is 0 Å². The standard InChI is InChI=1S/C22H27N5O2/c1-15-12-21(23-14-16-6-11-19(28-4)20(13-16)29-5)26-22(24-15)25-17-7-9-18(10-8-17)27(2)3/h6-13H,14H2,1-5H3,(H2,23,24,25,26). The zero-order valence-electron chi connectivity index (χ0n) is 17.5. The Morgan fingerprint density at radius 1 is 0.897 bits per heavy atom. The summed E-state index contributed by atoms with van der Waals surface area (Å²) in [5, 5.41) is 6.61. The van der Waals surface area contributed by atoms with Crippen LogP contribution in [0.15, 0.2) is 48.5 Å². The fraction of sp³-hybridized carbons (Fsp3) is 0.273. The molecule has 2 N–H and O–H groups in total. The zero-order chi connectivity index (χ0) is 20.8. The second kappa shape index (κ2) is 9.14. The van der Waals surface area contributed by atoms with Crippen molar-refractivity contribution in [2.75, 3.05) is 43.8 Å². The van der Waals surface area contributed by atoms with E-state index in [0.29, 0.717) is 24.0 Å². The van der Waals surface area contributed by atoms with Gasteiger partial charge in [-0.15, -0.1) is 0 Å². The molecule has 7 nitrogen and oxygen atoms in total. The van der Waals surface area contributed by atoms with Crippen molar-refractivity contribution in [3.63, 3.8) is 0 Å². The first-order valence-electron chi connectivity index (χ1n) is 9.33. The maximum Gasteiger partial charge on any atom is 0.229 e. The van der Waals surface area contributed by atoms with Crippen molar-refractivity contribution < 1.29 is 9.47 Å². The largest absolute Gasteiger partial charge is 0.493 e. The van der Waals surface area contributed by atoms with Gasteiger partial charge in [0.15, 0.2) is 11.5 Å². The van der Waals surface area contributed by atoms with Gasteiger partial charge in [0.1, 0.15) is 5.82 Å². The van der Waals surface area contributed by atoms with Gasteiger partial charge in [-0.3, -0.25) is 0 Å². The minimum Gasteiger partial charge on any atom is -0.493 e. The highest BCUT2D eigenvalue weighted by atomic mass is 16.5. The van der Waals surface area contributed by atoms with Crippen LogP contribution in [-0.4, -0.2) is 38.3 Å². The smallest absolute Gasteiger partial charge is 0.229 e. The number of methoxy groups -OCH3 is 2. The van der Waals surface area contributed by atoms with E-state index in [1.165, 1.54) is 0 Å². The van der Waals surface area contributed by atoms with Crippen molar-refractivity contribution in [1.29, 1.82) is 0 Å². The van der Waals surface area contributed by atoms with Crippen LogP contribution in [0.2, 0.25) is 0 Å². The Hall–Kier alpha value is -3.48. The van der Waals surface area contributed by atoms with E-state index in [9.17, 15) is 0 Å². The first-order chi connectivity index (χ1) is 14.0. The molecular formula is C22H27N5O2. The Morgan fingerprint density at radius 2 is 1.62 bits per heavy atom. The molecule has 0 radical (unpaired) electrons. The third kappa shape index (κ3) is 5.28. The maximum absolute atomic E-state index is 5.37. The van der Waals surface area contributed by atoms with E-state index in [4.69, 9.17) is 9.47 Å². The van der Waals surface area contributed by atoms with E-state index in [1.807, 2.05) is 69.6 Å². The van der Waals surface area contributed by atoms with Gasteiger partial charge in [0.2, 0.25) is 5.95 Å². The summed E-state index contributed by atoms with van der Waals surface area (Å²) in [7, 11) is 7.29. The summed E-state index contributed by atoms with van der Waals surface area (Å²) in [5.74, 6) is 2.72. The number of hydrogen-bond acceptors (Lipinski definition) is 7. The van der Waals surface area contributed by atoms with Crippen molar-refractivity contribution >= 4 is 23.1 Å². The van der Waals surface area contributed by atoms with Gasteiger partial charge in [-0.1, -0.05) is 6.07 Å². The molecule has 0 amide bonds. The van der Waals surface area contributed by atoms with Gasteiger partial charge in [-0.25, -0.2) is 4.98 Å². The molecule has 0 saturated carbocycles. The van der Waals surface area contributed by atoms with Gasteiger partial charge >= 0.3 is 0 Å². The minimum atomic E-state index is 0.553. The number of benzene rings is 2. The molecule has 1 aromatic heterocycles. The molecule has 0 saturated heterocycles. The van der Waals surface area contributed by atoms with Crippen molar-refractivity contribution in [3.05, 3.63) is 59.8 Å². The fourth-order valence-corrected chi connectivity index (χ4v) is 2.87. The molecule has 2 aromatic carbocycles. The number of ether oxygens (including phenoxy) is 2. The summed E-state index contributed by atoms with van der Waals surface area (Å²) in [6, 6.07) is 15.9. The highest BCUT2D eigenvalue weighted by Gasteiger charge is 2.07. The highest BCUT2D eigenvalue weighted by molar-refractivity contribution is 5.60. The molecule has 1 heterocycles. The number of nitrogens with zero attached hydrogens (tertiary/aromatic N) is 3. The predicted octanol–water partition coefficient (Wildman–Crippen LogP) is 4.22. The van der Waals surface area contributed by atoms with E-state index < -0.39 is 0 Å². The Bertz CT molecular complexity index is 958. The van der Waals surface area contributed by atoms with E-state index in [2.05, 4.69) is 25.5 Å². The van der Waals surface area contributed by atoms with Gasteiger partial charge in [-0.2, -0.15) is 4.98 Å². The van der Waals surface area contributed by atoms with Crippen LogP contribution in [0.4, 0.5) is 23.1 Å². The van der Waals surface area contributed by atoms with Crippen LogP contribution in [0.25, 0.3) is 0 Å². The van der Waals surface area contributed by atoms with Crippen LogP contribution < -0.4 is 25.0 Å². The summed E-state index contributed by atoms with van der Waals surface area (Å²) in [6.45, 7) is 2.55. The molecule has 0 atom stereocenters. The van der Waals surface area contributed by atoms with Crippen molar-refractivity contribution in [2.45, 2.75) is 13.5 Å². The minimum absolute atomic E-state index is 0.553. The molecule has 152 valence electrons. The monoisotopic (exact) mass is 393 g/mol. The fourth-order valence-electron chi connectivity index (χ4n) is 2.87. The van der Waals surface area contributed by atoms with Crippen LogP contribution in [0.1, 0.15) is 11.3 Å². The topological polar surface area (TPSA) is 71.5 Å². The molecule has 0 unspecified atom stereocenters. The Kier molecular flexibility index (Phi) is 6.39. The SMILES string of the molecule is COc1ccc(CNc2cc(C)nc(Nc3ccc(N(C)C)cc3)n2)cc1OC. The molecule has 0 fully saturated rings. The molecule has 29 heavy (non-hydrogen) atoms. The molecule has 0 aliphatic rings. The van der Waals surface area contributed by atoms with Crippen molar-refractivity contribution in [2.24, 2.45) is 0 Å². The summed E-state index contributed by atoms with van der Waals surface area (Å²) in [5.41, 5.74) is 4.01. The van der Waals surface area contributed by atoms with Gasteiger partial charge in [-0.05, 0) is 48.9 Å². The average Bonchev–Trinajstić information content (AvgIpc) is 2.72. The second-order valence-corrected chi connectivity index (χ2v) is 6.83. The second-order valence-electron chi connectivity index (χ2n) is 6.83. The molecule has 3 rings (SSSR count). The van der Waals surface area contributed by atoms with Crippen LogP contribution in [0.3, 0.4) is 0 Å². The number of rotatable bonds is 8. The van der Waals surface area contributed by atoms with Crippen LogP contribution in [0.5, 0.6) is 11.5 Å². The van der Waals surface area contributed by atoms with Crippen molar-refractivity contribution in [3.8, 4) is 11.5 Å². The normalized spacial score (nSPS) is 10.4. The van der Waals surface area contributed by atoms with Gasteiger partial charge in [0.05, 0.1) is 14.2 Å². The summed E-state index contributed by atoms with van der Waals surface area (Å²) >= 11 is 0. The zero-order valence-corrected chi connectivity index (χ0v) is 17.5. The van der Waals surface area contributed by atoms with Crippen LogP contribution in [-0.2, 0) is 6.54 Å². The van der Waals surface area contributed by atoms with Gasteiger partial charge in [0, 0.05) is 43.8 Å². The lowest BCUT2D eigenvalue weighted by Crippen LogP contribution is -2.08. The van der Waals surface area contributed by atoms with Gasteiger partial charge < -0.3 is 25.0 Å². The number of aryl methyl sites for hydroxylation is 1. The first kappa shape index (κ1) is 20.3. The highest BCUT2D eigenvalue weighted by Crippen LogP contribution is 2.28. The summed E-state index contributed by atoms with van der Waals surface area (Å²) in [6.07, 6.45) is 0. The Labute approximate surface area is 171 Å². The van der Waals surface area contributed by atoms with E-state index in [0.717, 1.165) is 28.5 Å². The predicted molar refractivity (Wildman–Crippen MR) is 118 cm³/mol. The lowest BCUT2D eigenvalue weighted by molar-refractivity contribution is 0.354. The molecule has 3 aromatic rings.